The van der Waals surface area contributed by atoms with Gasteiger partial charge in [0.1, 0.15) is 0 Å². The van der Waals surface area contributed by atoms with Gasteiger partial charge in [-0.2, -0.15) is 15.6 Å². The lowest BCUT2D eigenvalue weighted by Crippen LogP contribution is -2.29. The summed E-state index contributed by atoms with van der Waals surface area (Å²) in [6, 6.07) is 7.46. The molecule has 118 valence electrons. The summed E-state index contributed by atoms with van der Waals surface area (Å²) < 4.78 is 25.4. The quantitative estimate of drug-likeness (QED) is 0.836. The van der Waals surface area contributed by atoms with E-state index in [2.05, 4.69) is 5.32 Å². The monoisotopic (exact) mass is 340 g/mol. The number of sulfonamides is 1. The number of likely N-dealkylation sites (N-methyl/N-ethyl adjacent to an activating group) is 1. The van der Waals surface area contributed by atoms with Gasteiger partial charge < -0.3 is 10.4 Å². The van der Waals surface area contributed by atoms with Crippen LogP contribution in [0.5, 0.6) is 0 Å². The average Bonchev–Trinajstić information content (AvgIpc) is 3.00. The highest BCUT2D eigenvalue weighted by molar-refractivity contribution is 7.89. The van der Waals surface area contributed by atoms with Crippen molar-refractivity contribution in [3.05, 3.63) is 46.7 Å². The Morgan fingerprint density at radius 2 is 1.95 bits per heavy atom. The zero-order valence-corrected chi connectivity index (χ0v) is 13.5. The number of carbonyl (C=O) groups is 1. The van der Waals surface area contributed by atoms with Crippen LogP contribution in [0.15, 0.2) is 46.0 Å². The summed E-state index contributed by atoms with van der Waals surface area (Å²) in [5.74, 6) is -0.300. The van der Waals surface area contributed by atoms with Crippen LogP contribution in [0.4, 0.5) is 5.69 Å². The smallest absolute Gasteiger partial charge is 0.255 e. The van der Waals surface area contributed by atoms with E-state index in [9.17, 15) is 13.2 Å². The first-order valence-electron chi connectivity index (χ1n) is 6.46. The second kappa shape index (κ2) is 7.01. The number of aliphatic hydroxyl groups is 1. The van der Waals surface area contributed by atoms with Gasteiger partial charge in [0.25, 0.3) is 5.91 Å². The first-order valence-corrected chi connectivity index (χ1v) is 8.84. The van der Waals surface area contributed by atoms with Crippen LogP contribution < -0.4 is 5.32 Å². The number of nitrogens with one attached hydrogen (secondary N) is 1. The van der Waals surface area contributed by atoms with Crippen molar-refractivity contribution in [2.24, 2.45) is 0 Å². The van der Waals surface area contributed by atoms with Crippen molar-refractivity contribution in [1.82, 2.24) is 4.31 Å². The fraction of sp³-hybridized carbons (Fsp3) is 0.214. The maximum absolute atomic E-state index is 12.2. The molecular weight excluding hydrogens is 324 g/mol. The van der Waals surface area contributed by atoms with Gasteiger partial charge in [0.05, 0.1) is 17.2 Å². The average molecular weight is 340 g/mol. The Bertz CT molecular complexity index is 725. The number of nitrogens with zero attached hydrogens (tertiary/aromatic N) is 1. The van der Waals surface area contributed by atoms with Crippen LogP contribution in [0.2, 0.25) is 0 Å². The second-order valence-electron chi connectivity index (χ2n) is 4.54. The SMILES string of the molecule is CN(CCO)S(=O)(=O)c1ccc(C(=O)Nc2ccsc2)cc1. The van der Waals surface area contributed by atoms with Gasteiger partial charge in [-0.05, 0) is 35.7 Å². The minimum absolute atomic E-state index is 0.0166. The third-order valence-electron chi connectivity index (χ3n) is 3.02. The molecule has 1 amide bonds. The Labute approximate surface area is 133 Å². The molecule has 0 fully saturated rings. The fourth-order valence-electron chi connectivity index (χ4n) is 1.76. The van der Waals surface area contributed by atoms with Gasteiger partial charge in [0.2, 0.25) is 10.0 Å². The number of amides is 1. The number of rotatable bonds is 6. The molecule has 0 unspecified atom stereocenters. The van der Waals surface area contributed by atoms with Crippen molar-refractivity contribution in [2.75, 3.05) is 25.5 Å². The van der Waals surface area contributed by atoms with E-state index >= 15 is 0 Å². The van der Waals surface area contributed by atoms with Gasteiger partial charge in [-0.25, -0.2) is 8.42 Å². The first-order chi connectivity index (χ1) is 10.4. The molecule has 0 atom stereocenters. The highest BCUT2D eigenvalue weighted by atomic mass is 32.2. The van der Waals surface area contributed by atoms with Crippen LogP contribution in [0, 0.1) is 0 Å². The Hall–Kier alpha value is -1.74. The van der Waals surface area contributed by atoms with E-state index in [1.165, 1.54) is 42.6 Å². The molecule has 2 aromatic rings. The number of hydrogen-bond donors (Lipinski definition) is 2. The summed E-state index contributed by atoms with van der Waals surface area (Å²) in [7, 11) is -2.26. The summed E-state index contributed by atoms with van der Waals surface area (Å²) in [5.41, 5.74) is 1.07. The Balaban J connectivity index is 2.15. The maximum atomic E-state index is 12.2. The van der Waals surface area contributed by atoms with Crippen molar-refractivity contribution in [3.8, 4) is 0 Å². The summed E-state index contributed by atoms with van der Waals surface area (Å²) in [6.45, 7) is -0.237. The molecule has 2 rings (SSSR count). The van der Waals surface area contributed by atoms with Gasteiger partial charge in [-0.1, -0.05) is 0 Å². The summed E-state index contributed by atoms with van der Waals surface area (Å²) in [6.07, 6.45) is 0. The molecule has 1 aromatic heterocycles. The van der Waals surface area contributed by atoms with Crippen LogP contribution in [0.3, 0.4) is 0 Å². The minimum Gasteiger partial charge on any atom is -0.395 e. The summed E-state index contributed by atoms with van der Waals surface area (Å²) >= 11 is 1.47. The van der Waals surface area contributed by atoms with Crippen molar-refractivity contribution in [2.45, 2.75) is 4.90 Å². The van der Waals surface area contributed by atoms with Gasteiger partial charge in [0, 0.05) is 24.5 Å². The van der Waals surface area contributed by atoms with E-state index in [0.717, 1.165) is 4.31 Å². The lowest BCUT2D eigenvalue weighted by Gasteiger charge is -2.15. The van der Waals surface area contributed by atoms with Gasteiger partial charge in [-0.15, -0.1) is 0 Å². The molecule has 0 radical (unpaired) electrons. The predicted octanol–water partition coefficient (Wildman–Crippen LogP) is 1.61. The minimum atomic E-state index is -3.65. The number of anilines is 1. The molecule has 1 aromatic carbocycles. The number of thiophene rings is 1. The van der Waals surface area contributed by atoms with Crippen LogP contribution >= 0.6 is 11.3 Å². The number of carbonyl (C=O) groups excluding carboxylic acids is 1. The Kier molecular flexibility index (Phi) is 5.30. The third-order valence-corrected chi connectivity index (χ3v) is 5.57. The molecule has 0 saturated heterocycles. The largest absolute Gasteiger partial charge is 0.395 e. The molecule has 8 heteroatoms. The Morgan fingerprint density at radius 3 is 2.50 bits per heavy atom. The van der Waals surface area contributed by atoms with Crippen LogP contribution in [0.1, 0.15) is 10.4 Å². The zero-order valence-electron chi connectivity index (χ0n) is 11.9. The van der Waals surface area contributed by atoms with Crippen LogP contribution in [0.25, 0.3) is 0 Å². The molecule has 1 heterocycles. The van der Waals surface area contributed by atoms with Crippen molar-refractivity contribution in [3.63, 3.8) is 0 Å². The fourth-order valence-corrected chi connectivity index (χ4v) is 3.51. The number of hydrogen-bond acceptors (Lipinski definition) is 5. The molecule has 0 aliphatic rings. The van der Waals surface area contributed by atoms with E-state index in [0.29, 0.717) is 11.3 Å². The zero-order chi connectivity index (χ0) is 16.2. The predicted molar refractivity (Wildman–Crippen MR) is 85.6 cm³/mol. The first kappa shape index (κ1) is 16.6. The molecule has 0 bridgehead atoms. The molecule has 0 aliphatic carbocycles. The molecule has 0 saturated carbocycles. The lowest BCUT2D eigenvalue weighted by atomic mass is 10.2. The molecule has 6 nitrogen and oxygen atoms in total. The second-order valence-corrected chi connectivity index (χ2v) is 7.37. The molecule has 22 heavy (non-hydrogen) atoms. The maximum Gasteiger partial charge on any atom is 0.255 e. The van der Waals surface area contributed by atoms with Gasteiger partial charge in [-0.3, -0.25) is 4.79 Å². The highest BCUT2D eigenvalue weighted by Gasteiger charge is 2.20. The molecule has 2 N–H and O–H groups in total. The molecule has 0 aliphatic heterocycles. The highest BCUT2D eigenvalue weighted by Crippen LogP contribution is 2.17. The van der Waals surface area contributed by atoms with E-state index in [4.69, 9.17) is 5.11 Å². The van der Waals surface area contributed by atoms with Crippen molar-refractivity contribution in [1.29, 1.82) is 0 Å². The van der Waals surface area contributed by atoms with E-state index < -0.39 is 10.0 Å². The topological polar surface area (TPSA) is 86.7 Å². The molecule has 0 spiro atoms. The number of benzene rings is 1. The van der Waals surface area contributed by atoms with Gasteiger partial charge in [0.15, 0.2) is 0 Å². The van der Waals surface area contributed by atoms with Crippen molar-refractivity contribution < 1.29 is 18.3 Å². The number of aliphatic hydroxyl groups excluding tert-OH is 1. The van der Waals surface area contributed by atoms with Gasteiger partial charge >= 0.3 is 0 Å². The van der Waals surface area contributed by atoms with E-state index in [1.54, 1.807) is 11.4 Å². The standard InChI is InChI=1S/C14H16N2O4S2/c1-16(7-8-17)22(19,20)13-4-2-11(3-5-13)14(18)15-12-6-9-21-10-12/h2-6,9-10,17H,7-8H2,1H3,(H,15,18). The van der Waals surface area contributed by atoms with Crippen LogP contribution in [-0.4, -0.2) is 43.9 Å². The van der Waals surface area contributed by atoms with Crippen molar-refractivity contribution >= 4 is 33.0 Å². The lowest BCUT2D eigenvalue weighted by molar-refractivity contribution is 0.102. The Morgan fingerprint density at radius 1 is 1.27 bits per heavy atom. The van der Waals surface area contributed by atoms with E-state index in [1.807, 2.05) is 5.38 Å². The van der Waals surface area contributed by atoms with Crippen LogP contribution in [-0.2, 0) is 10.0 Å². The summed E-state index contributed by atoms with van der Waals surface area (Å²) in [4.78, 5) is 12.1. The van der Waals surface area contributed by atoms with E-state index in [-0.39, 0.29) is 24.0 Å². The third kappa shape index (κ3) is 3.72. The summed E-state index contributed by atoms with van der Waals surface area (Å²) in [5, 5.41) is 15.2. The normalized spacial score (nSPS) is 11.6. The molecular formula is C14H16N2O4S2.